The van der Waals surface area contributed by atoms with Crippen molar-refractivity contribution in [1.29, 1.82) is 0 Å². The van der Waals surface area contributed by atoms with Gasteiger partial charge in [0.25, 0.3) is 0 Å². The largest absolute Gasteiger partial charge is 0.493 e. The van der Waals surface area contributed by atoms with E-state index >= 15 is 0 Å². The van der Waals surface area contributed by atoms with E-state index in [1.807, 2.05) is 48.5 Å². The molecular formula is C23H29NO3. The second-order valence-electron chi connectivity index (χ2n) is 6.36. The van der Waals surface area contributed by atoms with E-state index < -0.39 is 0 Å². The smallest absolute Gasteiger partial charge is 0.244 e. The summed E-state index contributed by atoms with van der Waals surface area (Å²) >= 11 is 0. The highest BCUT2D eigenvalue weighted by Gasteiger charge is 2.05. The van der Waals surface area contributed by atoms with Gasteiger partial charge >= 0.3 is 0 Å². The van der Waals surface area contributed by atoms with Crippen LogP contribution in [0.1, 0.15) is 43.7 Å². The van der Waals surface area contributed by atoms with Crippen LogP contribution in [-0.2, 0) is 11.3 Å². The van der Waals surface area contributed by atoms with Gasteiger partial charge in [-0.25, -0.2) is 0 Å². The second-order valence-corrected chi connectivity index (χ2v) is 6.36. The average Bonchev–Trinajstić information content (AvgIpc) is 2.71. The molecule has 0 saturated carbocycles. The SMILES string of the molecule is CCCCCCOc1ccc(/C=C/C(=O)NCc2ccccc2)cc1OC. The zero-order valence-corrected chi connectivity index (χ0v) is 16.2. The Bertz CT molecular complexity index is 726. The first-order valence-corrected chi connectivity index (χ1v) is 9.53. The van der Waals surface area contributed by atoms with Crippen molar-refractivity contribution in [2.45, 2.75) is 39.2 Å². The third-order valence-corrected chi connectivity index (χ3v) is 4.18. The van der Waals surface area contributed by atoms with E-state index in [0.29, 0.717) is 18.9 Å². The van der Waals surface area contributed by atoms with Crippen molar-refractivity contribution < 1.29 is 14.3 Å². The summed E-state index contributed by atoms with van der Waals surface area (Å²) in [6, 6.07) is 15.5. The van der Waals surface area contributed by atoms with Crippen LogP contribution < -0.4 is 14.8 Å². The Kier molecular flexibility index (Phi) is 8.98. The molecule has 2 rings (SSSR count). The number of hydrogen-bond acceptors (Lipinski definition) is 3. The minimum atomic E-state index is -0.130. The van der Waals surface area contributed by atoms with Gasteiger partial charge in [-0.05, 0) is 35.8 Å². The van der Waals surface area contributed by atoms with Crippen LogP contribution in [0.4, 0.5) is 0 Å². The van der Waals surface area contributed by atoms with Crippen molar-refractivity contribution in [1.82, 2.24) is 5.32 Å². The van der Waals surface area contributed by atoms with E-state index in [0.717, 1.165) is 23.3 Å². The molecule has 4 nitrogen and oxygen atoms in total. The predicted molar refractivity (Wildman–Crippen MR) is 110 cm³/mol. The fourth-order valence-electron chi connectivity index (χ4n) is 2.63. The fraction of sp³-hybridized carbons (Fsp3) is 0.348. The first kappa shape index (κ1) is 20.6. The number of carbonyl (C=O) groups is 1. The van der Waals surface area contributed by atoms with Crippen LogP contribution in [0.25, 0.3) is 6.08 Å². The van der Waals surface area contributed by atoms with Gasteiger partial charge in [0, 0.05) is 12.6 Å². The Hall–Kier alpha value is -2.75. The van der Waals surface area contributed by atoms with Gasteiger partial charge in [0.2, 0.25) is 5.91 Å². The molecule has 0 spiro atoms. The quantitative estimate of drug-likeness (QED) is 0.450. The highest BCUT2D eigenvalue weighted by atomic mass is 16.5. The minimum Gasteiger partial charge on any atom is -0.493 e. The summed E-state index contributed by atoms with van der Waals surface area (Å²) in [6.45, 7) is 3.39. The lowest BCUT2D eigenvalue weighted by Crippen LogP contribution is -2.20. The number of hydrogen-bond donors (Lipinski definition) is 1. The number of nitrogens with one attached hydrogen (secondary N) is 1. The number of amides is 1. The lowest BCUT2D eigenvalue weighted by atomic mass is 10.2. The van der Waals surface area contributed by atoms with Gasteiger partial charge in [0.1, 0.15) is 0 Å². The molecule has 1 N–H and O–H groups in total. The molecule has 4 heteroatoms. The summed E-state index contributed by atoms with van der Waals surface area (Å²) in [5.41, 5.74) is 1.96. The molecule has 0 saturated heterocycles. The maximum Gasteiger partial charge on any atom is 0.244 e. The van der Waals surface area contributed by atoms with E-state index in [1.165, 1.54) is 25.3 Å². The van der Waals surface area contributed by atoms with Crippen molar-refractivity contribution in [3.8, 4) is 11.5 Å². The molecule has 1 amide bonds. The maximum atomic E-state index is 12.0. The molecule has 0 fully saturated rings. The van der Waals surface area contributed by atoms with Gasteiger partial charge in [0.15, 0.2) is 11.5 Å². The number of rotatable bonds is 11. The monoisotopic (exact) mass is 367 g/mol. The van der Waals surface area contributed by atoms with Gasteiger partial charge in [-0.2, -0.15) is 0 Å². The van der Waals surface area contributed by atoms with Crippen molar-refractivity contribution >= 4 is 12.0 Å². The van der Waals surface area contributed by atoms with Crippen LogP contribution >= 0.6 is 0 Å². The van der Waals surface area contributed by atoms with Crippen molar-refractivity contribution in [2.75, 3.05) is 13.7 Å². The molecule has 0 aromatic heterocycles. The third kappa shape index (κ3) is 7.57. The van der Waals surface area contributed by atoms with Crippen molar-refractivity contribution in [3.63, 3.8) is 0 Å². The van der Waals surface area contributed by atoms with Gasteiger partial charge < -0.3 is 14.8 Å². The summed E-state index contributed by atoms with van der Waals surface area (Å²) in [5, 5.41) is 2.87. The number of unbranched alkanes of at least 4 members (excludes halogenated alkanes) is 3. The molecule has 2 aromatic rings. The highest BCUT2D eigenvalue weighted by molar-refractivity contribution is 5.91. The molecule has 0 aliphatic heterocycles. The Balaban J connectivity index is 1.86. The van der Waals surface area contributed by atoms with Crippen LogP contribution in [0.5, 0.6) is 11.5 Å². The van der Waals surface area contributed by atoms with Crippen LogP contribution in [0.3, 0.4) is 0 Å². The highest BCUT2D eigenvalue weighted by Crippen LogP contribution is 2.28. The molecule has 0 atom stereocenters. The number of carbonyl (C=O) groups excluding carboxylic acids is 1. The van der Waals surface area contributed by atoms with E-state index in [2.05, 4.69) is 12.2 Å². The minimum absolute atomic E-state index is 0.130. The fourth-order valence-corrected chi connectivity index (χ4v) is 2.63. The topological polar surface area (TPSA) is 47.6 Å². The number of methoxy groups -OCH3 is 1. The molecule has 0 radical (unpaired) electrons. The van der Waals surface area contributed by atoms with Crippen molar-refractivity contribution in [2.24, 2.45) is 0 Å². The average molecular weight is 367 g/mol. The van der Waals surface area contributed by atoms with E-state index in [9.17, 15) is 4.79 Å². The first-order valence-electron chi connectivity index (χ1n) is 9.53. The lowest BCUT2D eigenvalue weighted by molar-refractivity contribution is -0.116. The predicted octanol–water partition coefficient (Wildman–Crippen LogP) is 4.98. The van der Waals surface area contributed by atoms with E-state index in [1.54, 1.807) is 13.2 Å². The van der Waals surface area contributed by atoms with Crippen LogP contribution in [0.15, 0.2) is 54.6 Å². The first-order chi connectivity index (χ1) is 13.2. The summed E-state index contributed by atoms with van der Waals surface area (Å²) in [7, 11) is 1.62. The number of benzene rings is 2. The third-order valence-electron chi connectivity index (χ3n) is 4.18. The Morgan fingerprint density at radius 2 is 1.85 bits per heavy atom. The van der Waals surface area contributed by atoms with Gasteiger partial charge in [0.05, 0.1) is 13.7 Å². The standard InChI is InChI=1S/C23H29NO3/c1-3-4-5-9-16-27-21-14-12-19(17-22(21)26-2)13-15-23(25)24-18-20-10-7-6-8-11-20/h6-8,10-15,17H,3-5,9,16,18H2,1-2H3,(H,24,25)/b15-13+. The number of ether oxygens (including phenoxy) is 2. The summed E-state index contributed by atoms with van der Waals surface area (Å²) < 4.78 is 11.2. The molecule has 0 unspecified atom stereocenters. The molecule has 0 bridgehead atoms. The van der Waals surface area contributed by atoms with E-state index in [-0.39, 0.29) is 5.91 Å². The molecule has 2 aromatic carbocycles. The van der Waals surface area contributed by atoms with Crippen LogP contribution in [-0.4, -0.2) is 19.6 Å². The summed E-state index contributed by atoms with van der Waals surface area (Å²) in [6.07, 6.45) is 7.97. The summed E-state index contributed by atoms with van der Waals surface area (Å²) in [4.78, 5) is 12.0. The molecule has 0 heterocycles. The normalized spacial score (nSPS) is 10.7. The molecule has 27 heavy (non-hydrogen) atoms. The Labute approximate surface area is 162 Å². The van der Waals surface area contributed by atoms with Gasteiger partial charge in [-0.15, -0.1) is 0 Å². The van der Waals surface area contributed by atoms with E-state index in [4.69, 9.17) is 9.47 Å². The molecule has 144 valence electrons. The summed E-state index contributed by atoms with van der Waals surface area (Å²) in [5.74, 6) is 1.28. The molecule has 0 aliphatic carbocycles. The zero-order valence-electron chi connectivity index (χ0n) is 16.2. The second kappa shape index (κ2) is 11.8. The van der Waals surface area contributed by atoms with Crippen molar-refractivity contribution in [3.05, 3.63) is 65.7 Å². The maximum absolute atomic E-state index is 12.0. The zero-order chi connectivity index (χ0) is 19.3. The Morgan fingerprint density at radius 1 is 1.04 bits per heavy atom. The molecule has 0 aliphatic rings. The molecular weight excluding hydrogens is 338 g/mol. The van der Waals surface area contributed by atoms with Crippen LogP contribution in [0.2, 0.25) is 0 Å². The lowest BCUT2D eigenvalue weighted by Gasteiger charge is -2.11. The van der Waals surface area contributed by atoms with Gasteiger partial charge in [-0.1, -0.05) is 62.6 Å². The Morgan fingerprint density at radius 3 is 2.59 bits per heavy atom. The van der Waals surface area contributed by atoms with Crippen LogP contribution in [0, 0.1) is 0 Å². The van der Waals surface area contributed by atoms with Gasteiger partial charge in [-0.3, -0.25) is 4.79 Å².